The number of hydrogen-bond donors (Lipinski definition) is 1. The molecule has 0 spiro atoms. The molecule has 0 radical (unpaired) electrons. The first-order valence-corrected chi connectivity index (χ1v) is 5.87. The van der Waals surface area contributed by atoms with Crippen molar-refractivity contribution in [2.24, 2.45) is 5.41 Å². The molecule has 0 bridgehead atoms. The molecule has 1 aliphatic heterocycles. The first-order valence-electron chi connectivity index (χ1n) is 5.87. The minimum Gasteiger partial charge on any atom is -0.381 e. The van der Waals surface area contributed by atoms with Crippen molar-refractivity contribution in [1.29, 1.82) is 0 Å². The van der Waals surface area contributed by atoms with Crippen LogP contribution in [0.5, 0.6) is 0 Å². The molecular weight excluding hydrogens is 236 g/mol. The first-order chi connectivity index (χ1) is 8.59. The van der Waals surface area contributed by atoms with Crippen molar-refractivity contribution in [3.8, 4) is 0 Å². The molecule has 0 saturated carbocycles. The Bertz CT molecular complexity index is 415. The molecule has 7 nitrogen and oxygen atoms in total. The topological polar surface area (TPSA) is 90.2 Å². The lowest BCUT2D eigenvalue weighted by molar-refractivity contribution is -0.385. The fraction of sp³-hybridized carbons (Fsp3) is 0.636. The molecule has 0 unspecified atom stereocenters. The molecule has 1 aromatic heterocycles. The van der Waals surface area contributed by atoms with E-state index in [1.807, 2.05) is 0 Å². The summed E-state index contributed by atoms with van der Waals surface area (Å²) in [5.41, 5.74) is 0.0708. The lowest BCUT2D eigenvalue weighted by atomic mass is 9.82. The molecule has 0 aliphatic carbocycles. The number of ether oxygens (including phenoxy) is 1. The average molecular weight is 252 g/mol. The highest BCUT2D eigenvalue weighted by Crippen LogP contribution is 2.29. The van der Waals surface area contributed by atoms with Crippen molar-refractivity contribution < 1.29 is 9.66 Å². The van der Waals surface area contributed by atoms with E-state index in [0.717, 1.165) is 32.6 Å². The molecule has 7 heteroatoms. The Balaban J connectivity index is 1.91. The van der Waals surface area contributed by atoms with Gasteiger partial charge in [-0.25, -0.2) is 9.97 Å². The highest BCUT2D eigenvalue weighted by molar-refractivity contribution is 5.30. The zero-order valence-corrected chi connectivity index (χ0v) is 10.3. The van der Waals surface area contributed by atoms with Crippen LogP contribution in [0.15, 0.2) is 12.4 Å². The number of anilines is 1. The van der Waals surface area contributed by atoms with Crippen molar-refractivity contribution >= 4 is 11.6 Å². The molecule has 1 N–H and O–H groups in total. The van der Waals surface area contributed by atoms with Crippen LogP contribution in [0.2, 0.25) is 0 Å². The van der Waals surface area contributed by atoms with Crippen LogP contribution in [-0.2, 0) is 4.74 Å². The monoisotopic (exact) mass is 252 g/mol. The second-order valence-corrected chi connectivity index (χ2v) is 4.80. The fourth-order valence-electron chi connectivity index (χ4n) is 1.84. The minimum atomic E-state index is -0.510. The summed E-state index contributed by atoms with van der Waals surface area (Å²) < 4.78 is 5.33. The van der Waals surface area contributed by atoms with Gasteiger partial charge in [-0.05, 0) is 18.3 Å². The summed E-state index contributed by atoms with van der Waals surface area (Å²) in [7, 11) is 0. The van der Waals surface area contributed by atoms with Crippen molar-refractivity contribution in [2.45, 2.75) is 19.8 Å². The number of hydrogen-bond acceptors (Lipinski definition) is 6. The highest BCUT2D eigenvalue weighted by atomic mass is 16.6. The molecule has 1 aromatic rings. The van der Waals surface area contributed by atoms with E-state index in [2.05, 4.69) is 22.2 Å². The van der Waals surface area contributed by atoms with Gasteiger partial charge in [-0.1, -0.05) is 6.92 Å². The summed E-state index contributed by atoms with van der Waals surface area (Å²) in [6.07, 6.45) is 4.41. The van der Waals surface area contributed by atoms with Crippen LogP contribution in [-0.4, -0.2) is 34.6 Å². The first kappa shape index (κ1) is 12.7. The van der Waals surface area contributed by atoms with Crippen LogP contribution >= 0.6 is 0 Å². The van der Waals surface area contributed by atoms with E-state index < -0.39 is 4.92 Å². The van der Waals surface area contributed by atoms with Gasteiger partial charge < -0.3 is 10.1 Å². The highest BCUT2D eigenvalue weighted by Gasteiger charge is 2.27. The van der Waals surface area contributed by atoms with E-state index in [4.69, 9.17) is 4.74 Å². The summed E-state index contributed by atoms with van der Waals surface area (Å²) in [4.78, 5) is 17.8. The Labute approximate surface area is 105 Å². The summed E-state index contributed by atoms with van der Waals surface area (Å²) in [6.45, 7) is 4.49. The zero-order chi connectivity index (χ0) is 13.0. The van der Waals surface area contributed by atoms with Gasteiger partial charge in [-0.2, -0.15) is 0 Å². The van der Waals surface area contributed by atoms with Crippen LogP contribution in [0.1, 0.15) is 19.8 Å². The molecule has 98 valence electrons. The number of aromatic nitrogens is 2. The maximum Gasteiger partial charge on any atom is 0.305 e. The van der Waals surface area contributed by atoms with E-state index >= 15 is 0 Å². The number of rotatable bonds is 4. The largest absolute Gasteiger partial charge is 0.381 e. The van der Waals surface area contributed by atoms with Gasteiger partial charge in [0, 0.05) is 19.8 Å². The normalized spacial score (nSPS) is 18.3. The van der Waals surface area contributed by atoms with E-state index in [9.17, 15) is 10.1 Å². The standard InChI is InChI=1S/C11H16N4O3/c1-11(2-4-18-5-3-11)8-14-10-12-6-9(7-13-10)15(16)17/h6-7H,2-5,8H2,1H3,(H,12,13,14). The fourth-order valence-corrected chi connectivity index (χ4v) is 1.84. The van der Waals surface area contributed by atoms with Gasteiger partial charge in [0.2, 0.25) is 5.95 Å². The molecule has 2 rings (SSSR count). The molecule has 0 atom stereocenters. The van der Waals surface area contributed by atoms with Gasteiger partial charge in [0.05, 0.1) is 4.92 Å². The summed E-state index contributed by atoms with van der Waals surface area (Å²) >= 11 is 0. The third kappa shape index (κ3) is 3.13. The Morgan fingerprint density at radius 3 is 2.61 bits per heavy atom. The van der Waals surface area contributed by atoms with Crippen molar-refractivity contribution in [3.63, 3.8) is 0 Å². The molecule has 1 saturated heterocycles. The van der Waals surface area contributed by atoms with Crippen LogP contribution in [0.25, 0.3) is 0 Å². The molecule has 1 aliphatic rings. The minimum absolute atomic E-state index is 0.0992. The van der Waals surface area contributed by atoms with Crippen LogP contribution < -0.4 is 5.32 Å². The third-order valence-electron chi connectivity index (χ3n) is 3.22. The number of nitro groups is 1. The second kappa shape index (κ2) is 5.26. The number of nitrogens with one attached hydrogen (secondary N) is 1. The molecule has 1 fully saturated rings. The summed E-state index contributed by atoms with van der Waals surface area (Å²) in [6, 6.07) is 0. The quantitative estimate of drug-likeness (QED) is 0.646. The Morgan fingerprint density at radius 1 is 1.44 bits per heavy atom. The van der Waals surface area contributed by atoms with E-state index in [-0.39, 0.29) is 11.1 Å². The van der Waals surface area contributed by atoms with Gasteiger partial charge in [-0.15, -0.1) is 0 Å². The third-order valence-corrected chi connectivity index (χ3v) is 3.22. The Kier molecular flexibility index (Phi) is 3.71. The molecule has 0 amide bonds. The average Bonchev–Trinajstić information content (AvgIpc) is 2.38. The van der Waals surface area contributed by atoms with Crippen LogP contribution in [0.4, 0.5) is 11.6 Å². The van der Waals surface area contributed by atoms with Crippen molar-refractivity contribution in [2.75, 3.05) is 25.1 Å². The van der Waals surface area contributed by atoms with Gasteiger partial charge in [0.15, 0.2) is 0 Å². The van der Waals surface area contributed by atoms with Crippen molar-refractivity contribution in [1.82, 2.24) is 9.97 Å². The molecule has 2 heterocycles. The Morgan fingerprint density at radius 2 is 2.06 bits per heavy atom. The van der Waals surface area contributed by atoms with E-state index in [1.165, 1.54) is 12.4 Å². The SMILES string of the molecule is CC1(CNc2ncc([N+](=O)[O-])cn2)CCOCC1. The molecule has 18 heavy (non-hydrogen) atoms. The summed E-state index contributed by atoms with van der Waals surface area (Å²) in [5, 5.41) is 13.6. The van der Waals surface area contributed by atoms with Gasteiger partial charge in [0.25, 0.3) is 0 Å². The predicted molar refractivity (Wildman–Crippen MR) is 65.3 cm³/mol. The van der Waals surface area contributed by atoms with E-state index in [1.54, 1.807) is 0 Å². The van der Waals surface area contributed by atoms with Crippen molar-refractivity contribution in [3.05, 3.63) is 22.5 Å². The lowest BCUT2D eigenvalue weighted by Gasteiger charge is -2.33. The number of nitrogens with zero attached hydrogens (tertiary/aromatic N) is 3. The van der Waals surface area contributed by atoms with Crippen LogP contribution in [0.3, 0.4) is 0 Å². The molecule has 0 aromatic carbocycles. The Hall–Kier alpha value is -1.76. The zero-order valence-electron chi connectivity index (χ0n) is 10.3. The van der Waals surface area contributed by atoms with Crippen LogP contribution in [0, 0.1) is 15.5 Å². The van der Waals surface area contributed by atoms with E-state index in [0.29, 0.717) is 5.95 Å². The van der Waals surface area contributed by atoms with Gasteiger partial charge in [0.1, 0.15) is 12.4 Å². The second-order valence-electron chi connectivity index (χ2n) is 4.80. The smallest absolute Gasteiger partial charge is 0.305 e. The maximum absolute atomic E-state index is 10.5. The molecular formula is C11H16N4O3. The predicted octanol–water partition coefficient (Wildman–Crippen LogP) is 1.61. The summed E-state index contributed by atoms with van der Waals surface area (Å²) in [5.74, 6) is 0.424. The lowest BCUT2D eigenvalue weighted by Crippen LogP contribution is -2.33. The van der Waals surface area contributed by atoms with Gasteiger partial charge in [-0.3, -0.25) is 10.1 Å². The van der Waals surface area contributed by atoms with Gasteiger partial charge >= 0.3 is 5.69 Å². The maximum atomic E-state index is 10.5.